The van der Waals surface area contributed by atoms with Gasteiger partial charge in [-0.1, -0.05) is 31.2 Å². The normalized spacial score (nSPS) is 12.6. The monoisotopic (exact) mass is 260 g/mol. The van der Waals surface area contributed by atoms with E-state index in [-0.39, 0.29) is 0 Å². The third-order valence-electron chi connectivity index (χ3n) is 3.23. The molecule has 3 heteroatoms. The molecule has 0 saturated carbocycles. The summed E-state index contributed by atoms with van der Waals surface area (Å²) in [7, 11) is 0. The Hall–Kier alpha value is -1.19. The number of hydrogen-bond donors (Lipinski definition) is 1. The fraction of sp³-hybridized carbons (Fsp3) is 0.400. The Kier molecular flexibility index (Phi) is 4.50. The number of thiazole rings is 1. The highest BCUT2D eigenvalue weighted by Crippen LogP contribution is 2.25. The summed E-state index contributed by atoms with van der Waals surface area (Å²) in [5.41, 5.74) is 9.26. The molecule has 0 radical (unpaired) electrons. The number of rotatable bonds is 5. The van der Waals surface area contributed by atoms with E-state index in [9.17, 15) is 0 Å². The Bertz CT molecular complexity index is 505. The predicted octanol–water partition coefficient (Wildman–Crippen LogP) is 3.65. The lowest BCUT2D eigenvalue weighted by molar-refractivity contribution is 0.544. The van der Waals surface area contributed by atoms with E-state index in [0.717, 1.165) is 25.1 Å². The van der Waals surface area contributed by atoms with Crippen molar-refractivity contribution in [1.82, 2.24) is 4.98 Å². The average molecular weight is 260 g/mol. The summed E-state index contributed by atoms with van der Waals surface area (Å²) in [6.45, 7) is 5.08. The minimum Gasteiger partial charge on any atom is -0.330 e. The second kappa shape index (κ2) is 6.12. The van der Waals surface area contributed by atoms with Crippen LogP contribution in [0.1, 0.15) is 23.9 Å². The van der Waals surface area contributed by atoms with E-state index >= 15 is 0 Å². The zero-order valence-electron chi connectivity index (χ0n) is 11.0. The van der Waals surface area contributed by atoms with Crippen molar-refractivity contribution in [2.24, 2.45) is 11.7 Å². The Morgan fingerprint density at radius 1 is 1.33 bits per heavy atom. The first kappa shape index (κ1) is 13.2. The van der Waals surface area contributed by atoms with Gasteiger partial charge in [0.25, 0.3) is 0 Å². The van der Waals surface area contributed by atoms with E-state index in [1.807, 2.05) is 0 Å². The van der Waals surface area contributed by atoms with Gasteiger partial charge in [0.05, 0.1) is 10.7 Å². The standard InChI is InChI=1S/C15H20N2S/c1-11(9-16)7-8-15-17-14(10-18-15)13-6-4-3-5-12(13)2/h3-6,10-11H,7-9,16H2,1-2H3. The molecule has 1 aromatic carbocycles. The van der Waals surface area contributed by atoms with E-state index in [1.54, 1.807) is 11.3 Å². The van der Waals surface area contributed by atoms with Crippen molar-refractivity contribution in [1.29, 1.82) is 0 Å². The van der Waals surface area contributed by atoms with Crippen molar-refractivity contribution >= 4 is 11.3 Å². The van der Waals surface area contributed by atoms with Gasteiger partial charge in [0.1, 0.15) is 0 Å². The van der Waals surface area contributed by atoms with Gasteiger partial charge >= 0.3 is 0 Å². The van der Waals surface area contributed by atoms with Crippen molar-refractivity contribution in [2.45, 2.75) is 26.7 Å². The molecular formula is C15H20N2S. The molecule has 18 heavy (non-hydrogen) atoms. The van der Waals surface area contributed by atoms with Crippen LogP contribution in [-0.2, 0) is 6.42 Å². The molecule has 1 atom stereocenters. The van der Waals surface area contributed by atoms with Gasteiger partial charge in [-0.05, 0) is 37.8 Å². The minimum atomic E-state index is 0.579. The SMILES string of the molecule is Cc1ccccc1-c1csc(CCC(C)CN)n1. The second-order valence-electron chi connectivity index (χ2n) is 4.82. The lowest BCUT2D eigenvalue weighted by Gasteiger charge is -2.05. The average Bonchev–Trinajstić information content (AvgIpc) is 2.85. The van der Waals surface area contributed by atoms with Gasteiger partial charge < -0.3 is 5.73 Å². The van der Waals surface area contributed by atoms with Crippen molar-refractivity contribution in [3.8, 4) is 11.3 Å². The number of hydrogen-bond acceptors (Lipinski definition) is 3. The minimum absolute atomic E-state index is 0.579. The van der Waals surface area contributed by atoms with E-state index in [1.165, 1.54) is 16.1 Å². The molecule has 2 nitrogen and oxygen atoms in total. The summed E-state index contributed by atoms with van der Waals surface area (Å²) in [5, 5.41) is 3.37. The summed E-state index contributed by atoms with van der Waals surface area (Å²) in [6, 6.07) is 8.40. The Morgan fingerprint density at radius 2 is 2.11 bits per heavy atom. The molecule has 0 amide bonds. The van der Waals surface area contributed by atoms with Gasteiger partial charge in [-0.2, -0.15) is 0 Å². The summed E-state index contributed by atoms with van der Waals surface area (Å²) in [6.07, 6.45) is 2.16. The summed E-state index contributed by atoms with van der Waals surface area (Å²) >= 11 is 1.75. The predicted molar refractivity (Wildman–Crippen MR) is 78.8 cm³/mol. The summed E-state index contributed by atoms with van der Waals surface area (Å²) in [4.78, 5) is 4.73. The molecular weight excluding hydrogens is 240 g/mol. The number of benzene rings is 1. The molecule has 1 aromatic heterocycles. The molecule has 2 aromatic rings. The number of nitrogens with zero attached hydrogens (tertiary/aromatic N) is 1. The van der Waals surface area contributed by atoms with Crippen LogP contribution in [0, 0.1) is 12.8 Å². The Labute approximate surface area is 113 Å². The van der Waals surface area contributed by atoms with Crippen LogP contribution in [0.15, 0.2) is 29.6 Å². The lowest BCUT2D eigenvalue weighted by atomic mass is 10.1. The van der Waals surface area contributed by atoms with Crippen LogP contribution in [0.25, 0.3) is 11.3 Å². The van der Waals surface area contributed by atoms with Crippen LogP contribution in [0.5, 0.6) is 0 Å². The number of nitrogens with two attached hydrogens (primary N) is 1. The fourth-order valence-electron chi connectivity index (χ4n) is 1.90. The first-order valence-electron chi connectivity index (χ1n) is 6.41. The highest BCUT2D eigenvalue weighted by atomic mass is 32.1. The van der Waals surface area contributed by atoms with E-state index in [0.29, 0.717) is 5.92 Å². The molecule has 96 valence electrons. The molecule has 0 fully saturated rings. The Balaban J connectivity index is 2.09. The maximum atomic E-state index is 5.64. The van der Waals surface area contributed by atoms with Crippen LogP contribution in [0.2, 0.25) is 0 Å². The second-order valence-corrected chi connectivity index (χ2v) is 5.76. The van der Waals surface area contributed by atoms with Crippen molar-refractivity contribution in [3.63, 3.8) is 0 Å². The molecule has 0 aliphatic carbocycles. The number of aromatic nitrogens is 1. The molecule has 0 bridgehead atoms. The molecule has 2 N–H and O–H groups in total. The van der Waals surface area contributed by atoms with E-state index in [2.05, 4.69) is 43.5 Å². The summed E-state index contributed by atoms with van der Waals surface area (Å²) in [5.74, 6) is 0.579. The van der Waals surface area contributed by atoms with Crippen LogP contribution in [0.3, 0.4) is 0 Å². The number of aryl methyl sites for hydroxylation is 2. The van der Waals surface area contributed by atoms with Gasteiger partial charge in [0, 0.05) is 10.9 Å². The molecule has 2 rings (SSSR count). The molecule has 0 aliphatic rings. The highest BCUT2D eigenvalue weighted by molar-refractivity contribution is 7.09. The van der Waals surface area contributed by atoms with Crippen LogP contribution in [-0.4, -0.2) is 11.5 Å². The Morgan fingerprint density at radius 3 is 2.83 bits per heavy atom. The quantitative estimate of drug-likeness (QED) is 0.891. The smallest absolute Gasteiger partial charge is 0.0932 e. The maximum absolute atomic E-state index is 5.64. The van der Waals surface area contributed by atoms with Crippen LogP contribution >= 0.6 is 11.3 Å². The topological polar surface area (TPSA) is 38.9 Å². The van der Waals surface area contributed by atoms with Gasteiger partial charge in [-0.15, -0.1) is 11.3 Å². The third kappa shape index (κ3) is 3.18. The van der Waals surface area contributed by atoms with Gasteiger partial charge in [0.2, 0.25) is 0 Å². The first-order chi connectivity index (χ1) is 8.70. The molecule has 0 aliphatic heterocycles. The molecule has 0 saturated heterocycles. The van der Waals surface area contributed by atoms with Gasteiger partial charge in [-0.3, -0.25) is 0 Å². The zero-order chi connectivity index (χ0) is 13.0. The van der Waals surface area contributed by atoms with Crippen molar-refractivity contribution in [2.75, 3.05) is 6.54 Å². The van der Waals surface area contributed by atoms with Crippen LogP contribution < -0.4 is 5.73 Å². The molecule has 0 spiro atoms. The van der Waals surface area contributed by atoms with E-state index < -0.39 is 0 Å². The summed E-state index contributed by atoms with van der Waals surface area (Å²) < 4.78 is 0. The largest absolute Gasteiger partial charge is 0.330 e. The van der Waals surface area contributed by atoms with E-state index in [4.69, 9.17) is 10.7 Å². The maximum Gasteiger partial charge on any atom is 0.0932 e. The highest BCUT2D eigenvalue weighted by Gasteiger charge is 2.07. The van der Waals surface area contributed by atoms with Crippen molar-refractivity contribution < 1.29 is 0 Å². The van der Waals surface area contributed by atoms with Gasteiger partial charge in [-0.25, -0.2) is 4.98 Å². The lowest BCUT2D eigenvalue weighted by Crippen LogP contribution is -2.11. The molecule has 1 heterocycles. The van der Waals surface area contributed by atoms with Crippen LogP contribution in [0.4, 0.5) is 0 Å². The van der Waals surface area contributed by atoms with Crippen molar-refractivity contribution in [3.05, 3.63) is 40.2 Å². The third-order valence-corrected chi connectivity index (χ3v) is 4.13. The zero-order valence-corrected chi connectivity index (χ0v) is 11.8. The first-order valence-corrected chi connectivity index (χ1v) is 7.29. The molecule has 1 unspecified atom stereocenters. The fourth-order valence-corrected chi connectivity index (χ4v) is 2.71. The van der Waals surface area contributed by atoms with Gasteiger partial charge in [0.15, 0.2) is 0 Å².